The average molecular weight is 445 g/mol. The summed E-state index contributed by atoms with van der Waals surface area (Å²) in [7, 11) is 5.48. The van der Waals surface area contributed by atoms with E-state index in [0.29, 0.717) is 35.9 Å². The Morgan fingerprint density at radius 2 is 1.97 bits per heavy atom. The van der Waals surface area contributed by atoms with Crippen LogP contribution in [0.3, 0.4) is 0 Å². The van der Waals surface area contributed by atoms with Gasteiger partial charge in [0.15, 0.2) is 5.69 Å². The Kier molecular flexibility index (Phi) is 7.52. The van der Waals surface area contributed by atoms with Gasteiger partial charge in [0.1, 0.15) is 18.1 Å². The second-order valence-electron chi connectivity index (χ2n) is 8.52. The number of likely N-dealkylation sites (N-methyl/N-ethyl adjacent to an activating group) is 2. The zero-order chi connectivity index (χ0) is 23.4. The third-order valence-electron chi connectivity index (χ3n) is 5.88. The van der Waals surface area contributed by atoms with Crippen LogP contribution < -0.4 is 10.1 Å². The fraction of sp³-hybridized carbons (Fsp3) is 0.522. The van der Waals surface area contributed by atoms with Gasteiger partial charge in [-0.1, -0.05) is 12.1 Å². The highest BCUT2D eigenvalue weighted by atomic mass is 16.5. The number of nitrogens with zero attached hydrogens (tertiary/aromatic N) is 3. The van der Waals surface area contributed by atoms with Crippen LogP contribution >= 0.6 is 0 Å². The van der Waals surface area contributed by atoms with E-state index in [-0.39, 0.29) is 29.7 Å². The van der Waals surface area contributed by atoms with Gasteiger partial charge in [-0.3, -0.25) is 14.5 Å². The minimum absolute atomic E-state index is 0.0909. The predicted molar refractivity (Wildman–Crippen MR) is 120 cm³/mol. The first-order valence-electron chi connectivity index (χ1n) is 10.7. The number of hydrogen-bond donors (Lipinski definition) is 1. The van der Waals surface area contributed by atoms with Crippen LogP contribution in [0.25, 0.3) is 0 Å². The van der Waals surface area contributed by atoms with Crippen LogP contribution in [0.1, 0.15) is 40.5 Å². The molecule has 2 heterocycles. The van der Waals surface area contributed by atoms with Crippen molar-refractivity contribution in [1.82, 2.24) is 15.0 Å². The molecule has 1 N–H and O–H groups in total. The van der Waals surface area contributed by atoms with Gasteiger partial charge in [0.2, 0.25) is 0 Å². The van der Waals surface area contributed by atoms with E-state index in [1.165, 1.54) is 0 Å². The Labute approximate surface area is 188 Å². The number of amides is 2. The Balaban J connectivity index is 1.89. The number of carbonyl (C=O) groups excluding carboxylic acids is 2. The maximum Gasteiger partial charge on any atom is 0.277 e. The molecule has 0 radical (unpaired) electrons. The lowest BCUT2D eigenvalue weighted by Crippen LogP contribution is -2.45. The summed E-state index contributed by atoms with van der Waals surface area (Å²) < 4.78 is 16.7. The smallest absolute Gasteiger partial charge is 0.277 e. The molecule has 9 heteroatoms. The predicted octanol–water partition coefficient (Wildman–Crippen LogP) is 2.67. The van der Waals surface area contributed by atoms with Gasteiger partial charge >= 0.3 is 0 Å². The Morgan fingerprint density at radius 3 is 2.62 bits per heavy atom. The molecule has 1 aliphatic heterocycles. The van der Waals surface area contributed by atoms with E-state index in [1.807, 2.05) is 0 Å². The minimum Gasteiger partial charge on any atom is -0.491 e. The maximum absolute atomic E-state index is 13.2. The van der Waals surface area contributed by atoms with E-state index in [4.69, 9.17) is 14.0 Å². The molecule has 3 rings (SSSR count). The second-order valence-corrected chi connectivity index (χ2v) is 8.52. The molecule has 174 valence electrons. The zero-order valence-corrected chi connectivity index (χ0v) is 19.5. The Morgan fingerprint density at radius 1 is 1.22 bits per heavy atom. The van der Waals surface area contributed by atoms with Gasteiger partial charge in [-0.05, 0) is 38.9 Å². The van der Waals surface area contributed by atoms with Crippen molar-refractivity contribution in [2.75, 3.05) is 46.2 Å². The maximum atomic E-state index is 13.2. The van der Waals surface area contributed by atoms with Crippen LogP contribution in [0, 0.1) is 12.8 Å². The van der Waals surface area contributed by atoms with Gasteiger partial charge < -0.3 is 24.2 Å². The monoisotopic (exact) mass is 444 g/mol. The molecule has 3 atom stereocenters. The SMILES string of the molecule is CO[C@H]1CN(C)C(=O)c2ccc(NC(=O)c3cc(C)on3)cc2OC[C@@H](C)N(C)C[C@H]1C. The lowest BCUT2D eigenvalue weighted by atomic mass is 10.0. The molecule has 0 fully saturated rings. The number of benzene rings is 1. The lowest BCUT2D eigenvalue weighted by molar-refractivity contribution is 0.0150. The number of fused-ring (bicyclic) bond motifs is 1. The molecular weight excluding hydrogens is 412 g/mol. The second kappa shape index (κ2) is 10.1. The third kappa shape index (κ3) is 5.46. The van der Waals surface area contributed by atoms with E-state index in [9.17, 15) is 9.59 Å². The van der Waals surface area contributed by atoms with E-state index < -0.39 is 5.91 Å². The molecule has 2 aromatic rings. The number of aromatic nitrogens is 1. The zero-order valence-electron chi connectivity index (χ0n) is 19.5. The normalized spacial score (nSPS) is 23.0. The first-order chi connectivity index (χ1) is 15.2. The standard InChI is InChI=1S/C23H32N4O5/c1-14-11-26(4)15(2)13-31-20-10-17(24-22(28)19-9-16(3)32-25-19)7-8-18(20)23(29)27(5)12-21(14)30-6/h7-10,14-15,21H,11-13H2,1-6H3,(H,24,28)/t14-,15-,21+/m1/s1. The van der Waals surface area contributed by atoms with Crippen molar-refractivity contribution in [3.05, 3.63) is 41.3 Å². The number of aryl methyl sites for hydroxylation is 1. The molecule has 0 spiro atoms. The van der Waals surface area contributed by atoms with E-state index in [1.54, 1.807) is 50.2 Å². The molecule has 1 aromatic heterocycles. The number of methoxy groups -OCH3 is 1. The van der Waals surface area contributed by atoms with Crippen LogP contribution in [0.15, 0.2) is 28.8 Å². The highest BCUT2D eigenvalue weighted by Crippen LogP contribution is 2.27. The van der Waals surface area contributed by atoms with Gasteiger partial charge in [-0.15, -0.1) is 0 Å². The van der Waals surface area contributed by atoms with Gasteiger partial charge in [-0.25, -0.2) is 0 Å². The van der Waals surface area contributed by atoms with Crippen molar-refractivity contribution in [2.45, 2.75) is 32.9 Å². The van der Waals surface area contributed by atoms with Crippen molar-refractivity contribution in [2.24, 2.45) is 5.92 Å². The molecule has 0 aliphatic carbocycles. The molecule has 2 amide bonds. The first kappa shape index (κ1) is 23.7. The number of ether oxygens (including phenoxy) is 2. The molecule has 1 aromatic carbocycles. The molecule has 0 saturated carbocycles. The number of carbonyl (C=O) groups is 2. The highest BCUT2D eigenvalue weighted by Gasteiger charge is 2.27. The largest absolute Gasteiger partial charge is 0.491 e. The van der Waals surface area contributed by atoms with Gasteiger partial charge in [0.25, 0.3) is 11.8 Å². The molecule has 0 bridgehead atoms. The quantitative estimate of drug-likeness (QED) is 0.777. The summed E-state index contributed by atoms with van der Waals surface area (Å²) >= 11 is 0. The first-order valence-corrected chi connectivity index (χ1v) is 10.7. The number of rotatable bonds is 3. The molecule has 9 nitrogen and oxygen atoms in total. The van der Waals surface area contributed by atoms with Crippen LogP contribution in [0.4, 0.5) is 5.69 Å². The van der Waals surface area contributed by atoms with E-state index in [0.717, 1.165) is 6.54 Å². The number of anilines is 1. The summed E-state index contributed by atoms with van der Waals surface area (Å²) in [4.78, 5) is 29.5. The topological polar surface area (TPSA) is 97.1 Å². The van der Waals surface area contributed by atoms with Crippen LogP contribution in [0.2, 0.25) is 0 Å². The van der Waals surface area contributed by atoms with Crippen molar-refractivity contribution < 1.29 is 23.6 Å². The van der Waals surface area contributed by atoms with Crippen LogP contribution in [-0.4, -0.2) is 79.8 Å². The summed E-state index contributed by atoms with van der Waals surface area (Å²) in [5, 5.41) is 6.51. The lowest BCUT2D eigenvalue weighted by Gasteiger charge is -2.34. The van der Waals surface area contributed by atoms with Gasteiger partial charge in [-0.2, -0.15) is 0 Å². The summed E-state index contributed by atoms with van der Waals surface area (Å²) in [5.74, 6) is 0.633. The minimum atomic E-state index is -0.400. The number of nitrogens with one attached hydrogen (secondary N) is 1. The van der Waals surface area contributed by atoms with Crippen molar-refractivity contribution in [3.8, 4) is 5.75 Å². The van der Waals surface area contributed by atoms with Gasteiger partial charge in [0, 0.05) is 51.1 Å². The number of hydrogen-bond acceptors (Lipinski definition) is 7. The summed E-state index contributed by atoms with van der Waals surface area (Å²) in [6, 6.07) is 6.69. The summed E-state index contributed by atoms with van der Waals surface area (Å²) in [6.07, 6.45) is -0.0909. The summed E-state index contributed by atoms with van der Waals surface area (Å²) in [5.41, 5.74) is 1.11. The van der Waals surface area contributed by atoms with Crippen LogP contribution in [0.5, 0.6) is 5.75 Å². The van der Waals surface area contributed by atoms with Gasteiger partial charge in [0.05, 0.1) is 11.7 Å². The third-order valence-corrected chi connectivity index (χ3v) is 5.88. The summed E-state index contributed by atoms with van der Waals surface area (Å²) in [6.45, 7) is 7.58. The fourth-order valence-electron chi connectivity index (χ4n) is 3.70. The fourth-order valence-corrected chi connectivity index (χ4v) is 3.70. The van der Waals surface area contributed by atoms with E-state index in [2.05, 4.69) is 36.3 Å². The van der Waals surface area contributed by atoms with Crippen LogP contribution in [-0.2, 0) is 4.74 Å². The molecule has 32 heavy (non-hydrogen) atoms. The molecule has 0 unspecified atom stereocenters. The Bertz CT molecular complexity index is 960. The van der Waals surface area contributed by atoms with E-state index >= 15 is 0 Å². The van der Waals surface area contributed by atoms with Crippen molar-refractivity contribution >= 4 is 17.5 Å². The van der Waals surface area contributed by atoms with Crippen molar-refractivity contribution in [1.29, 1.82) is 0 Å². The Hall–Kier alpha value is -2.91. The molecular formula is C23H32N4O5. The molecule has 1 aliphatic rings. The van der Waals surface area contributed by atoms with Crippen molar-refractivity contribution in [3.63, 3.8) is 0 Å². The molecule has 0 saturated heterocycles. The average Bonchev–Trinajstić information content (AvgIpc) is 3.20. The highest BCUT2D eigenvalue weighted by molar-refractivity contribution is 6.03.